The number of likely N-dealkylation sites (tertiary alicyclic amines) is 1. The zero-order valence-corrected chi connectivity index (χ0v) is 22.4. The van der Waals surface area contributed by atoms with E-state index in [1.807, 2.05) is 44.2 Å². The number of hydrogen-bond acceptors (Lipinski definition) is 7. The number of nitrogens with one attached hydrogen (secondary N) is 2. The van der Waals surface area contributed by atoms with E-state index < -0.39 is 35.1 Å². The molecule has 10 nitrogen and oxygen atoms in total. The molecular formula is C28H40N4O6. The van der Waals surface area contributed by atoms with E-state index in [-0.39, 0.29) is 24.3 Å². The van der Waals surface area contributed by atoms with Gasteiger partial charge in [-0.25, -0.2) is 0 Å². The van der Waals surface area contributed by atoms with E-state index in [0.717, 1.165) is 13.1 Å². The molecule has 4 aliphatic heterocycles. The van der Waals surface area contributed by atoms with Crippen molar-refractivity contribution in [3.05, 3.63) is 30.3 Å². The fourth-order valence-corrected chi connectivity index (χ4v) is 7.16. The van der Waals surface area contributed by atoms with Crippen LogP contribution in [0.15, 0.2) is 30.3 Å². The summed E-state index contributed by atoms with van der Waals surface area (Å²) in [6, 6.07) is 7.76. The number of amides is 3. The van der Waals surface area contributed by atoms with Crippen LogP contribution < -0.4 is 10.6 Å². The van der Waals surface area contributed by atoms with E-state index in [9.17, 15) is 19.5 Å². The third-order valence-corrected chi connectivity index (χ3v) is 9.10. The molecule has 1 aromatic rings. The summed E-state index contributed by atoms with van der Waals surface area (Å²) in [7, 11) is 0. The highest BCUT2D eigenvalue weighted by Gasteiger charge is 2.79. The van der Waals surface area contributed by atoms with Crippen LogP contribution in [0.5, 0.6) is 0 Å². The monoisotopic (exact) mass is 528 g/mol. The lowest BCUT2D eigenvalue weighted by Crippen LogP contribution is -2.58. The molecule has 0 aliphatic carbocycles. The number of nitrogens with zero attached hydrogens (tertiary/aromatic N) is 2. The molecule has 208 valence electrons. The van der Waals surface area contributed by atoms with Crippen LogP contribution in [-0.4, -0.2) is 102 Å². The first-order chi connectivity index (χ1) is 18.4. The van der Waals surface area contributed by atoms with Crippen LogP contribution in [0.3, 0.4) is 0 Å². The molecule has 6 atom stereocenters. The molecule has 0 aromatic heterocycles. The predicted octanol–water partition coefficient (Wildman–Crippen LogP) is 0.999. The number of morpholine rings is 1. The van der Waals surface area contributed by atoms with E-state index >= 15 is 0 Å². The van der Waals surface area contributed by atoms with Crippen molar-refractivity contribution in [1.29, 1.82) is 0 Å². The summed E-state index contributed by atoms with van der Waals surface area (Å²) in [5.74, 6) is -2.32. The molecule has 1 aromatic carbocycles. The van der Waals surface area contributed by atoms with Gasteiger partial charge in [-0.3, -0.25) is 19.3 Å². The Bertz CT molecular complexity index is 1030. The van der Waals surface area contributed by atoms with Gasteiger partial charge in [0.2, 0.25) is 17.7 Å². The smallest absolute Gasteiger partial charge is 0.245 e. The molecule has 3 N–H and O–H groups in total. The van der Waals surface area contributed by atoms with Gasteiger partial charge in [0, 0.05) is 31.9 Å². The van der Waals surface area contributed by atoms with Crippen molar-refractivity contribution in [1.82, 2.24) is 15.1 Å². The highest BCUT2D eigenvalue weighted by Crippen LogP contribution is 2.64. The minimum Gasteiger partial charge on any atom is -0.394 e. The zero-order valence-electron chi connectivity index (χ0n) is 22.4. The van der Waals surface area contributed by atoms with Gasteiger partial charge in [-0.05, 0) is 37.8 Å². The molecule has 2 unspecified atom stereocenters. The van der Waals surface area contributed by atoms with Gasteiger partial charge in [-0.15, -0.1) is 0 Å². The molecule has 2 bridgehead atoms. The van der Waals surface area contributed by atoms with Gasteiger partial charge in [0.15, 0.2) is 0 Å². The van der Waals surface area contributed by atoms with Crippen LogP contribution >= 0.6 is 0 Å². The molecule has 4 aliphatic rings. The Labute approximate surface area is 224 Å². The minimum atomic E-state index is -1.10. The molecule has 0 saturated carbocycles. The van der Waals surface area contributed by atoms with E-state index in [1.165, 1.54) is 4.90 Å². The van der Waals surface area contributed by atoms with Crippen LogP contribution in [0.1, 0.15) is 39.5 Å². The largest absolute Gasteiger partial charge is 0.394 e. The second-order valence-corrected chi connectivity index (χ2v) is 10.9. The van der Waals surface area contributed by atoms with Crippen molar-refractivity contribution in [2.45, 2.75) is 62.8 Å². The van der Waals surface area contributed by atoms with Crippen LogP contribution in [0, 0.1) is 11.8 Å². The number of aliphatic hydroxyl groups excluding tert-OH is 1. The normalized spacial score (nSPS) is 33.3. The standard InChI is InChI=1S/C28H40N4O6/c1-3-20(18-33)32-23(25(35)29-12-13-31-14-16-37-17-15-31)28-11-10-27(4-2,38-28)21(22(28)26(32)36)24(34)30-19-8-6-5-7-9-19/h5-9,20-23,33H,3-4,10-18H2,1-2H3,(H,29,35)(H,30,34)/t20-,21-,22-,23?,27+,28?/m0/s1. The lowest BCUT2D eigenvalue weighted by Gasteiger charge is -2.37. The van der Waals surface area contributed by atoms with E-state index in [4.69, 9.17) is 9.47 Å². The van der Waals surface area contributed by atoms with Crippen LogP contribution in [0.25, 0.3) is 0 Å². The second-order valence-electron chi connectivity index (χ2n) is 10.9. The highest BCUT2D eigenvalue weighted by molar-refractivity contribution is 6.02. The summed E-state index contributed by atoms with van der Waals surface area (Å²) >= 11 is 0. The minimum absolute atomic E-state index is 0.261. The molecule has 10 heteroatoms. The topological polar surface area (TPSA) is 120 Å². The van der Waals surface area contributed by atoms with Gasteiger partial charge in [0.05, 0.1) is 43.3 Å². The van der Waals surface area contributed by atoms with Gasteiger partial charge in [0.25, 0.3) is 0 Å². The Balaban J connectivity index is 1.44. The number of hydrogen-bond donors (Lipinski definition) is 3. The number of para-hydroxylation sites is 1. The molecule has 0 radical (unpaired) electrons. The first-order valence-electron chi connectivity index (χ1n) is 14.0. The Morgan fingerprint density at radius 2 is 1.87 bits per heavy atom. The first-order valence-corrected chi connectivity index (χ1v) is 14.0. The number of ether oxygens (including phenoxy) is 2. The quantitative estimate of drug-likeness (QED) is 0.414. The Morgan fingerprint density at radius 3 is 2.53 bits per heavy atom. The average Bonchev–Trinajstić information content (AvgIpc) is 3.54. The summed E-state index contributed by atoms with van der Waals surface area (Å²) in [4.78, 5) is 45.5. The Hall–Kier alpha value is -2.53. The van der Waals surface area contributed by atoms with Gasteiger partial charge in [0.1, 0.15) is 11.6 Å². The summed E-state index contributed by atoms with van der Waals surface area (Å²) in [6.45, 7) is 7.72. The molecule has 1 spiro atoms. The summed E-state index contributed by atoms with van der Waals surface area (Å²) in [5.41, 5.74) is -1.25. The molecule has 4 fully saturated rings. The molecule has 4 heterocycles. The molecular weight excluding hydrogens is 488 g/mol. The van der Waals surface area contributed by atoms with Crippen molar-refractivity contribution < 1.29 is 29.0 Å². The first kappa shape index (κ1) is 27.1. The summed E-state index contributed by atoms with van der Waals surface area (Å²) < 4.78 is 12.2. The lowest BCUT2D eigenvalue weighted by molar-refractivity contribution is -0.150. The van der Waals surface area contributed by atoms with Gasteiger partial charge in [-0.1, -0.05) is 32.0 Å². The SMILES string of the molecule is CC[C@@H](CO)N1C(=O)[C@@H]2[C@@H](C(=O)Nc3ccccc3)[C@@]3(CC)CCC2(O3)C1C(=O)NCCN1CCOCC1. The lowest BCUT2D eigenvalue weighted by atomic mass is 9.65. The van der Waals surface area contributed by atoms with Gasteiger partial charge >= 0.3 is 0 Å². The summed E-state index contributed by atoms with van der Waals surface area (Å²) in [6.07, 6.45) is 2.17. The third-order valence-electron chi connectivity index (χ3n) is 9.10. The van der Waals surface area contributed by atoms with Crippen molar-refractivity contribution in [3.63, 3.8) is 0 Å². The number of carbonyl (C=O) groups is 3. The number of rotatable bonds is 10. The fourth-order valence-electron chi connectivity index (χ4n) is 7.16. The Kier molecular flexibility index (Phi) is 7.77. The van der Waals surface area contributed by atoms with Crippen LogP contribution in [0.4, 0.5) is 5.69 Å². The summed E-state index contributed by atoms with van der Waals surface area (Å²) in [5, 5.41) is 16.2. The fraction of sp³-hybridized carbons (Fsp3) is 0.679. The second kappa shape index (κ2) is 10.9. The number of benzene rings is 1. The predicted molar refractivity (Wildman–Crippen MR) is 140 cm³/mol. The maximum atomic E-state index is 14.1. The van der Waals surface area contributed by atoms with Crippen molar-refractivity contribution in [2.24, 2.45) is 11.8 Å². The van der Waals surface area contributed by atoms with Crippen molar-refractivity contribution in [3.8, 4) is 0 Å². The van der Waals surface area contributed by atoms with Crippen molar-refractivity contribution >= 4 is 23.4 Å². The number of fused-ring (bicyclic) bond motifs is 1. The molecule has 3 amide bonds. The van der Waals surface area contributed by atoms with E-state index in [1.54, 1.807) is 0 Å². The maximum Gasteiger partial charge on any atom is 0.245 e. The third kappa shape index (κ3) is 4.41. The van der Waals surface area contributed by atoms with Gasteiger partial charge in [-0.2, -0.15) is 0 Å². The molecule has 38 heavy (non-hydrogen) atoms. The number of anilines is 1. The average molecular weight is 529 g/mol. The van der Waals surface area contributed by atoms with Crippen molar-refractivity contribution in [2.75, 3.05) is 51.3 Å². The highest BCUT2D eigenvalue weighted by atomic mass is 16.5. The maximum absolute atomic E-state index is 14.1. The van der Waals surface area contributed by atoms with Crippen LogP contribution in [-0.2, 0) is 23.9 Å². The van der Waals surface area contributed by atoms with Gasteiger partial charge < -0.3 is 30.1 Å². The molecule has 5 rings (SSSR count). The zero-order chi connectivity index (χ0) is 26.9. The Morgan fingerprint density at radius 1 is 1.13 bits per heavy atom. The van der Waals surface area contributed by atoms with E-state index in [0.29, 0.717) is 57.7 Å². The number of aliphatic hydroxyl groups is 1. The van der Waals surface area contributed by atoms with E-state index in [2.05, 4.69) is 15.5 Å². The number of carbonyl (C=O) groups excluding carboxylic acids is 3. The van der Waals surface area contributed by atoms with Crippen LogP contribution in [0.2, 0.25) is 0 Å². The molecule has 4 saturated heterocycles.